The van der Waals surface area contributed by atoms with Crippen molar-refractivity contribution < 1.29 is 9.13 Å². The molecule has 0 aliphatic carbocycles. The number of ether oxygens (including phenoxy) is 1. The summed E-state index contributed by atoms with van der Waals surface area (Å²) in [6.45, 7) is 3.97. The van der Waals surface area contributed by atoms with Crippen LogP contribution in [0.1, 0.15) is 11.3 Å². The smallest absolute Gasteiger partial charge is 0.175 e. The van der Waals surface area contributed by atoms with Crippen LogP contribution >= 0.6 is 22.6 Å². The summed E-state index contributed by atoms with van der Waals surface area (Å²) in [5.74, 6) is -0.116. The zero-order valence-electron chi connectivity index (χ0n) is 11.9. The number of halogens is 2. The van der Waals surface area contributed by atoms with E-state index in [-0.39, 0.29) is 11.6 Å². The van der Waals surface area contributed by atoms with E-state index < -0.39 is 0 Å². The summed E-state index contributed by atoms with van der Waals surface area (Å²) in [5.41, 5.74) is 4.05. The average molecular weight is 396 g/mol. The lowest BCUT2D eigenvalue weighted by atomic mass is 10.1. The Kier molecular flexibility index (Phi) is 3.61. The molecule has 0 radical (unpaired) electrons. The van der Waals surface area contributed by atoms with Gasteiger partial charge in [-0.15, -0.1) is 0 Å². The second-order valence-electron chi connectivity index (χ2n) is 4.93. The molecule has 0 saturated heterocycles. The fourth-order valence-electron chi connectivity index (χ4n) is 2.60. The van der Waals surface area contributed by atoms with Gasteiger partial charge in [0.15, 0.2) is 11.6 Å². The largest absolute Gasteiger partial charge is 0.493 e. The first-order chi connectivity index (χ1) is 10.0. The van der Waals surface area contributed by atoms with Crippen molar-refractivity contribution in [1.29, 1.82) is 0 Å². The predicted molar refractivity (Wildman–Crippen MR) is 90.2 cm³/mol. The second kappa shape index (κ2) is 5.29. The van der Waals surface area contributed by atoms with Gasteiger partial charge in [0.25, 0.3) is 0 Å². The predicted octanol–water partition coefficient (Wildman–Crippen LogP) is 4.60. The van der Waals surface area contributed by atoms with Gasteiger partial charge >= 0.3 is 0 Å². The molecule has 5 heteroatoms. The van der Waals surface area contributed by atoms with Gasteiger partial charge < -0.3 is 9.72 Å². The summed E-state index contributed by atoms with van der Waals surface area (Å²) >= 11 is 2.05. The maximum absolute atomic E-state index is 14.6. The summed E-state index contributed by atoms with van der Waals surface area (Å²) in [6.07, 6.45) is 1.94. The Bertz CT molecular complexity index is 842. The first kappa shape index (κ1) is 14.3. The van der Waals surface area contributed by atoms with Crippen LogP contribution in [-0.2, 0) is 0 Å². The van der Waals surface area contributed by atoms with Crippen molar-refractivity contribution in [3.05, 3.63) is 45.0 Å². The van der Waals surface area contributed by atoms with Gasteiger partial charge in [-0.25, -0.2) is 4.39 Å². The highest BCUT2D eigenvalue weighted by Crippen LogP contribution is 2.34. The normalized spacial score (nSPS) is 11.1. The summed E-state index contributed by atoms with van der Waals surface area (Å²) in [5, 5.41) is 1.09. The molecule has 0 amide bonds. The Balaban J connectivity index is 2.26. The van der Waals surface area contributed by atoms with Crippen molar-refractivity contribution in [1.82, 2.24) is 9.97 Å². The Morgan fingerprint density at radius 1 is 1.29 bits per heavy atom. The van der Waals surface area contributed by atoms with Crippen molar-refractivity contribution in [2.24, 2.45) is 0 Å². The van der Waals surface area contributed by atoms with Crippen LogP contribution in [0.15, 0.2) is 24.4 Å². The van der Waals surface area contributed by atoms with Crippen molar-refractivity contribution in [2.75, 3.05) is 7.11 Å². The Morgan fingerprint density at radius 2 is 2.05 bits per heavy atom. The zero-order chi connectivity index (χ0) is 15.1. The molecule has 1 aromatic carbocycles. The van der Waals surface area contributed by atoms with E-state index >= 15 is 0 Å². The minimum absolute atomic E-state index is 0.260. The van der Waals surface area contributed by atoms with Crippen LogP contribution in [0, 0.1) is 23.2 Å². The van der Waals surface area contributed by atoms with Gasteiger partial charge in [0.1, 0.15) is 0 Å². The maximum Gasteiger partial charge on any atom is 0.175 e. The fourth-order valence-corrected chi connectivity index (χ4v) is 3.23. The van der Waals surface area contributed by atoms with Crippen molar-refractivity contribution in [2.45, 2.75) is 13.8 Å². The molecule has 0 aliphatic heterocycles. The number of hydrogen-bond donors (Lipinski definition) is 1. The van der Waals surface area contributed by atoms with Crippen molar-refractivity contribution in [3.63, 3.8) is 0 Å². The van der Waals surface area contributed by atoms with Crippen LogP contribution in [0.4, 0.5) is 4.39 Å². The lowest BCUT2D eigenvalue weighted by Gasteiger charge is -2.10. The highest BCUT2D eigenvalue weighted by atomic mass is 127. The summed E-state index contributed by atoms with van der Waals surface area (Å²) in [4.78, 5) is 7.76. The fraction of sp³-hybridized carbons (Fsp3) is 0.188. The highest BCUT2D eigenvalue weighted by Gasteiger charge is 2.16. The summed E-state index contributed by atoms with van der Waals surface area (Å²) < 4.78 is 20.5. The van der Waals surface area contributed by atoms with Gasteiger partial charge in [0.2, 0.25) is 0 Å². The third-order valence-corrected chi connectivity index (χ3v) is 4.42. The quantitative estimate of drug-likeness (QED) is 0.643. The highest BCUT2D eigenvalue weighted by molar-refractivity contribution is 14.1. The third kappa shape index (κ3) is 2.29. The van der Waals surface area contributed by atoms with E-state index in [1.165, 1.54) is 7.11 Å². The first-order valence-corrected chi connectivity index (χ1v) is 7.58. The van der Waals surface area contributed by atoms with Crippen molar-refractivity contribution in [3.8, 4) is 17.0 Å². The first-order valence-electron chi connectivity index (χ1n) is 6.50. The number of nitrogens with one attached hydrogen (secondary N) is 1. The molecule has 0 atom stereocenters. The SMILES string of the molecule is COc1c(I)ccc(-c2cc3[nH]cc(C)c3c(C)n2)c1F. The number of aryl methyl sites for hydroxylation is 2. The molecule has 0 fully saturated rings. The van der Waals surface area contributed by atoms with E-state index in [2.05, 4.69) is 32.6 Å². The zero-order valence-corrected chi connectivity index (χ0v) is 14.1. The molecule has 0 saturated carbocycles. The van der Waals surface area contributed by atoms with Crippen LogP contribution in [-0.4, -0.2) is 17.1 Å². The number of H-pyrrole nitrogens is 1. The van der Waals surface area contributed by atoms with Crippen LogP contribution in [0.2, 0.25) is 0 Å². The molecule has 3 rings (SSSR count). The number of nitrogens with zero attached hydrogens (tertiary/aromatic N) is 1. The Hall–Kier alpha value is -1.63. The maximum atomic E-state index is 14.6. The number of benzene rings is 1. The van der Waals surface area contributed by atoms with Gasteiger partial charge in [0.05, 0.1) is 16.4 Å². The molecule has 21 heavy (non-hydrogen) atoms. The molecule has 3 nitrogen and oxygen atoms in total. The van der Waals surface area contributed by atoms with E-state index in [0.717, 1.165) is 25.7 Å². The number of pyridine rings is 1. The molecule has 0 aliphatic rings. The van der Waals surface area contributed by atoms with Crippen molar-refractivity contribution >= 4 is 33.5 Å². The number of rotatable bonds is 2. The van der Waals surface area contributed by atoms with Crippen LogP contribution < -0.4 is 4.74 Å². The molecule has 108 valence electrons. The van der Waals surface area contributed by atoms with Gasteiger partial charge in [0, 0.05) is 28.4 Å². The van der Waals surface area contributed by atoms with E-state index in [1.807, 2.05) is 32.2 Å². The van der Waals surface area contributed by atoms with E-state index in [1.54, 1.807) is 6.07 Å². The topological polar surface area (TPSA) is 37.9 Å². The van der Waals surface area contributed by atoms with Gasteiger partial charge in [-0.1, -0.05) is 0 Å². The minimum atomic E-state index is -0.376. The van der Waals surface area contributed by atoms with Crippen LogP contribution in [0.5, 0.6) is 5.75 Å². The number of aromatic amines is 1. The molecule has 0 spiro atoms. The number of fused-ring (bicyclic) bond motifs is 1. The van der Waals surface area contributed by atoms with Gasteiger partial charge in [-0.2, -0.15) is 0 Å². The van der Waals surface area contributed by atoms with Crippen LogP contribution in [0.25, 0.3) is 22.2 Å². The number of hydrogen-bond acceptors (Lipinski definition) is 2. The summed E-state index contributed by atoms with van der Waals surface area (Å²) in [6, 6.07) is 5.45. The molecular weight excluding hydrogens is 382 g/mol. The van der Waals surface area contributed by atoms with E-state index in [4.69, 9.17) is 4.74 Å². The summed E-state index contributed by atoms with van der Waals surface area (Å²) in [7, 11) is 1.47. The Labute approximate surface area is 135 Å². The molecule has 0 unspecified atom stereocenters. The molecule has 1 N–H and O–H groups in total. The molecule has 3 aromatic rings. The van der Waals surface area contributed by atoms with E-state index in [9.17, 15) is 4.39 Å². The van der Waals surface area contributed by atoms with E-state index in [0.29, 0.717) is 11.3 Å². The standard InChI is InChI=1S/C16H14FIN2O/c1-8-7-19-13-6-12(20-9(2)14(8)13)10-4-5-11(18)16(21-3)15(10)17/h4-7,19H,1-3H3. The van der Waals surface area contributed by atoms with Gasteiger partial charge in [-0.3, -0.25) is 4.98 Å². The monoisotopic (exact) mass is 396 g/mol. The lowest BCUT2D eigenvalue weighted by Crippen LogP contribution is -1.97. The van der Waals surface area contributed by atoms with Crippen LogP contribution in [0.3, 0.4) is 0 Å². The molecular formula is C16H14FIN2O. The Morgan fingerprint density at radius 3 is 2.76 bits per heavy atom. The molecule has 2 heterocycles. The third-order valence-electron chi connectivity index (χ3n) is 3.57. The number of methoxy groups -OCH3 is 1. The number of aromatic nitrogens is 2. The average Bonchev–Trinajstić information content (AvgIpc) is 2.81. The lowest BCUT2D eigenvalue weighted by molar-refractivity contribution is 0.384. The molecule has 0 bridgehead atoms. The molecule has 2 aromatic heterocycles. The minimum Gasteiger partial charge on any atom is -0.493 e. The second-order valence-corrected chi connectivity index (χ2v) is 6.09. The van der Waals surface area contributed by atoms with Gasteiger partial charge in [-0.05, 0) is 60.2 Å².